The van der Waals surface area contributed by atoms with E-state index in [0.717, 1.165) is 52.1 Å². The molecule has 1 N–H and O–H groups in total. The third-order valence-corrected chi connectivity index (χ3v) is 5.99. The van der Waals surface area contributed by atoms with Gasteiger partial charge in [0.15, 0.2) is 11.5 Å². The number of nitrogens with zero attached hydrogens (tertiary/aromatic N) is 1. The third kappa shape index (κ3) is 5.89. The first kappa shape index (κ1) is 22.3. The van der Waals surface area contributed by atoms with E-state index >= 15 is 0 Å². The number of hydrogen-bond acceptors (Lipinski definition) is 4. The lowest BCUT2D eigenvalue weighted by atomic mass is 10.1. The third-order valence-electron chi connectivity index (χ3n) is 5.69. The van der Waals surface area contributed by atoms with Gasteiger partial charge in [0.05, 0.1) is 17.3 Å². The van der Waals surface area contributed by atoms with Crippen LogP contribution in [0.5, 0.6) is 11.5 Å². The standard InChI is InChI=1S/C27H31ClN2O2/c1-2-31-27-17-22(11-14-26(27)32-20-21-9-5-3-6-10-21)19-29-23-12-13-25(24(28)18-23)30-15-7-4-8-16-30/h3,5-6,9-14,17-18,29H,2,4,7-8,15-16,19-20H2,1H3. The van der Waals surface area contributed by atoms with Crippen molar-refractivity contribution in [1.82, 2.24) is 0 Å². The average molecular weight is 451 g/mol. The van der Waals surface area contributed by atoms with Crippen molar-refractivity contribution in [3.8, 4) is 11.5 Å². The molecule has 32 heavy (non-hydrogen) atoms. The van der Waals surface area contributed by atoms with Gasteiger partial charge in [-0.25, -0.2) is 0 Å². The number of rotatable bonds is 9. The van der Waals surface area contributed by atoms with E-state index in [4.69, 9.17) is 21.1 Å². The average Bonchev–Trinajstić information content (AvgIpc) is 2.83. The van der Waals surface area contributed by atoms with Gasteiger partial charge >= 0.3 is 0 Å². The number of anilines is 2. The van der Waals surface area contributed by atoms with Crippen LogP contribution in [-0.4, -0.2) is 19.7 Å². The summed E-state index contributed by atoms with van der Waals surface area (Å²) in [6.45, 7) is 5.94. The molecule has 168 valence electrons. The van der Waals surface area contributed by atoms with Gasteiger partial charge in [0.1, 0.15) is 6.61 Å². The second-order valence-corrected chi connectivity index (χ2v) is 8.46. The van der Waals surface area contributed by atoms with Crippen molar-refractivity contribution >= 4 is 23.0 Å². The Bertz CT molecular complexity index is 1000. The largest absolute Gasteiger partial charge is 0.490 e. The summed E-state index contributed by atoms with van der Waals surface area (Å²) in [6, 6.07) is 22.5. The Hall–Kier alpha value is -2.85. The summed E-state index contributed by atoms with van der Waals surface area (Å²) in [5, 5.41) is 4.28. The molecule has 1 fully saturated rings. The monoisotopic (exact) mass is 450 g/mol. The molecule has 0 aliphatic carbocycles. The highest BCUT2D eigenvalue weighted by atomic mass is 35.5. The molecule has 3 aromatic rings. The van der Waals surface area contributed by atoms with Gasteiger partial charge in [-0.3, -0.25) is 0 Å². The minimum absolute atomic E-state index is 0.514. The Labute approximate surface area is 196 Å². The smallest absolute Gasteiger partial charge is 0.161 e. The van der Waals surface area contributed by atoms with E-state index in [1.165, 1.54) is 19.3 Å². The van der Waals surface area contributed by atoms with Gasteiger partial charge in [0.2, 0.25) is 0 Å². The van der Waals surface area contributed by atoms with Crippen molar-refractivity contribution in [2.24, 2.45) is 0 Å². The minimum atomic E-state index is 0.514. The van der Waals surface area contributed by atoms with Gasteiger partial charge < -0.3 is 19.7 Å². The van der Waals surface area contributed by atoms with E-state index in [-0.39, 0.29) is 0 Å². The van der Waals surface area contributed by atoms with Crippen molar-refractivity contribution in [3.63, 3.8) is 0 Å². The molecule has 1 saturated heterocycles. The fourth-order valence-electron chi connectivity index (χ4n) is 4.00. The minimum Gasteiger partial charge on any atom is -0.490 e. The first-order valence-corrected chi connectivity index (χ1v) is 11.8. The molecule has 0 aromatic heterocycles. The van der Waals surface area contributed by atoms with Crippen molar-refractivity contribution in [2.75, 3.05) is 29.9 Å². The number of ether oxygens (including phenoxy) is 2. The van der Waals surface area contributed by atoms with Crippen LogP contribution in [0.1, 0.15) is 37.3 Å². The number of halogens is 1. The highest BCUT2D eigenvalue weighted by Crippen LogP contribution is 2.32. The Morgan fingerprint density at radius 3 is 2.41 bits per heavy atom. The summed E-state index contributed by atoms with van der Waals surface area (Å²) < 4.78 is 11.9. The molecule has 0 spiro atoms. The molecule has 5 heteroatoms. The molecule has 0 atom stereocenters. The highest BCUT2D eigenvalue weighted by Gasteiger charge is 2.14. The van der Waals surface area contributed by atoms with Crippen LogP contribution in [0, 0.1) is 0 Å². The zero-order valence-corrected chi connectivity index (χ0v) is 19.4. The SMILES string of the molecule is CCOc1cc(CNc2ccc(N3CCCCC3)c(Cl)c2)ccc1OCc1ccccc1. The molecule has 0 saturated carbocycles. The van der Waals surface area contributed by atoms with E-state index in [0.29, 0.717) is 19.8 Å². The van der Waals surface area contributed by atoms with E-state index in [2.05, 4.69) is 40.5 Å². The summed E-state index contributed by atoms with van der Waals surface area (Å²) >= 11 is 6.60. The lowest BCUT2D eigenvalue weighted by Gasteiger charge is -2.29. The van der Waals surface area contributed by atoms with Crippen molar-refractivity contribution in [1.29, 1.82) is 0 Å². The lowest BCUT2D eigenvalue weighted by molar-refractivity contribution is 0.269. The van der Waals surface area contributed by atoms with E-state index in [1.807, 2.05) is 43.3 Å². The molecule has 4 rings (SSSR count). The predicted molar refractivity (Wildman–Crippen MR) is 133 cm³/mol. The summed E-state index contributed by atoms with van der Waals surface area (Å²) in [6.07, 6.45) is 3.79. The molecule has 0 amide bonds. The summed E-state index contributed by atoms with van der Waals surface area (Å²) in [5.74, 6) is 1.52. The van der Waals surface area contributed by atoms with Gasteiger partial charge in [0.25, 0.3) is 0 Å². The van der Waals surface area contributed by atoms with Crippen LogP contribution in [-0.2, 0) is 13.2 Å². The van der Waals surface area contributed by atoms with Gasteiger partial charge in [-0.1, -0.05) is 48.0 Å². The molecule has 1 aliphatic heterocycles. The summed E-state index contributed by atoms with van der Waals surface area (Å²) in [7, 11) is 0. The van der Waals surface area contributed by atoms with Crippen molar-refractivity contribution in [3.05, 3.63) is 82.9 Å². The molecule has 3 aromatic carbocycles. The maximum absolute atomic E-state index is 6.60. The normalized spacial score (nSPS) is 13.6. The maximum atomic E-state index is 6.60. The Morgan fingerprint density at radius 2 is 1.66 bits per heavy atom. The van der Waals surface area contributed by atoms with Crippen LogP contribution in [0.25, 0.3) is 0 Å². The molecular formula is C27H31ClN2O2. The van der Waals surface area contributed by atoms with E-state index in [1.54, 1.807) is 0 Å². The Kier molecular flexibility index (Phi) is 7.78. The van der Waals surface area contributed by atoms with Crippen LogP contribution in [0.4, 0.5) is 11.4 Å². The van der Waals surface area contributed by atoms with Crippen LogP contribution in [0.3, 0.4) is 0 Å². The molecular weight excluding hydrogens is 420 g/mol. The van der Waals surface area contributed by atoms with Crippen LogP contribution in [0.2, 0.25) is 5.02 Å². The highest BCUT2D eigenvalue weighted by molar-refractivity contribution is 6.33. The number of piperidine rings is 1. The molecule has 0 radical (unpaired) electrons. The number of hydrogen-bond donors (Lipinski definition) is 1. The molecule has 0 unspecified atom stereocenters. The van der Waals surface area contributed by atoms with Crippen LogP contribution in [0.15, 0.2) is 66.7 Å². The lowest BCUT2D eigenvalue weighted by Crippen LogP contribution is -2.29. The molecule has 1 aliphatic rings. The van der Waals surface area contributed by atoms with Crippen LogP contribution >= 0.6 is 11.6 Å². The summed E-state index contributed by atoms with van der Waals surface area (Å²) in [4.78, 5) is 2.39. The van der Waals surface area contributed by atoms with Gasteiger partial charge in [0, 0.05) is 25.3 Å². The van der Waals surface area contributed by atoms with Crippen molar-refractivity contribution in [2.45, 2.75) is 39.3 Å². The van der Waals surface area contributed by atoms with Crippen LogP contribution < -0.4 is 19.7 Å². The second kappa shape index (κ2) is 11.1. The van der Waals surface area contributed by atoms with Gasteiger partial charge in [-0.2, -0.15) is 0 Å². The Morgan fingerprint density at radius 1 is 0.844 bits per heavy atom. The zero-order chi connectivity index (χ0) is 22.2. The Balaban J connectivity index is 1.39. The number of benzene rings is 3. The first-order valence-electron chi connectivity index (χ1n) is 11.4. The van der Waals surface area contributed by atoms with Crippen molar-refractivity contribution < 1.29 is 9.47 Å². The first-order chi connectivity index (χ1) is 15.7. The zero-order valence-electron chi connectivity index (χ0n) is 18.6. The fourth-order valence-corrected chi connectivity index (χ4v) is 4.30. The van der Waals surface area contributed by atoms with E-state index < -0.39 is 0 Å². The molecule has 1 heterocycles. The van der Waals surface area contributed by atoms with Gasteiger partial charge in [-0.15, -0.1) is 0 Å². The maximum Gasteiger partial charge on any atom is 0.161 e. The molecule has 4 nitrogen and oxygen atoms in total. The fraction of sp³-hybridized carbons (Fsp3) is 0.333. The number of nitrogens with one attached hydrogen (secondary N) is 1. The topological polar surface area (TPSA) is 33.7 Å². The summed E-state index contributed by atoms with van der Waals surface area (Å²) in [5.41, 5.74) is 4.40. The second-order valence-electron chi connectivity index (χ2n) is 8.06. The quantitative estimate of drug-likeness (QED) is 0.383. The van der Waals surface area contributed by atoms with E-state index in [9.17, 15) is 0 Å². The predicted octanol–water partition coefficient (Wildman–Crippen LogP) is 6.92. The van der Waals surface area contributed by atoms with Gasteiger partial charge in [-0.05, 0) is 67.6 Å². The molecule has 0 bridgehead atoms.